The number of hydrogen-bond acceptors (Lipinski definition) is 6. The highest BCUT2D eigenvalue weighted by atomic mass is 79.9. The van der Waals surface area contributed by atoms with E-state index in [1.807, 2.05) is 53.4 Å². The molecule has 0 aliphatic carbocycles. The molecule has 1 fully saturated rings. The first kappa shape index (κ1) is 29.4. The third-order valence-electron chi connectivity index (χ3n) is 5.88. The maximum absolute atomic E-state index is 13.4. The Morgan fingerprint density at radius 1 is 0.900 bits per heavy atom. The summed E-state index contributed by atoms with van der Waals surface area (Å²) in [7, 11) is 0. The van der Waals surface area contributed by atoms with Gasteiger partial charge in [0.2, 0.25) is 0 Å². The van der Waals surface area contributed by atoms with Crippen LogP contribution in [0.5, 0.6) is 5.75 Å². The van der Waals surface area contributed by atoms with Gasteiger partial charge in [0, 0.05) is 42.5 Å². The number of piperazine rings is 1. The van der Waals surface area contributed by atoms with E-state index in [-0.39, 0.29) is 5.91 Å². The molecule has 3 aromatic carbocycles. The Bertz CT molecular complexity index is 1530. The number of nitrogens with zero attached hydrogens (tertiary/aromatic N) is 2. The third kappa shape index (κ3) is 6.60. The number of carbonyl (C=O) groups is 3. The number of alkyl halides is 3. The van der Waals surface area contributed by atoms with Crippen molar-refractivity contribution in [2.45, 2.75) is 6.18 Å². The van der Waals surface area contributed by atoms with Gasteiger partial charge in [-0.25, -0.2) is 14.6 Å². The highest BCUT2D eigenvalue weighted by Gasteiger charge is 2.38. The normalized spacial score (nSPS) is 13.5. The van der Waals surface area contributed by atoms with E-state index in [4.69, 9.17) is 14.6 Å². The average Bonchev–Trinajstić information content (AvgIpc) is 2.93. The zero-order valence-electron chi connectivity index (χ0n) is 20.5. The van der Waals surface area contributed by atoms with E-state index in [2.05, 4.69) is 42.2 Å². The van der Waals surface area contributed by atoms with E-state index in [1.165, 1.54) is 0 Å². The van der Waals surface area contributed by atoms with Gasteiger partial charge in [0.1, 0.15) is 0 Å². The number of rotatable bonds is 3. The second-order valence-corrected chi connectivity index (χ2v) is 10.2. The number of pyridine rings is 1. The van der Waals surface area contributed by atoms with E-state index in [0.717, 1.165) is 34.9 Å². The van der Waals surface area contributed by atoms with Gasteiger partial charge < -0.3 is 20.1 Å². The number of ether oxygens (including phenoxy) is 1. The fourth-order valence-electron chi connectivity index (χ4n) is 4.03. The summed E-state index contributed by atoms with van der Waals surface area (Å²) in [6, 6.07) is 18.4. The number of amides is 1. The topological polar surface area (TPSA) is 109 Å². The molecule has 13 heteroatoms. The fraction of sp³-hybridized carbons (Fsp3) is 0.185. The van der Waals surface area contributed by atoms with Crippen LogP contribution in [0.3, 0.4) is 0 Å². The Morgan fingerprint density at radius 2 is 1.38 bits per heavy atom. The van der Waals surface area contributed by atoms with Crippen LogP contribution in [-0.4, -0.2) is 65.2 Å². The van der Waals surface area contributed by atoms with Crippen LogP contribution in [0.4, 0.5) is 13.2 Å². The molecule has 1 aliphatic heterocycles. The van der Waals surface area contributed by atoms with Crippen molar-refractivity contribution in [3.8, 4) is 5.75 Å². The minimum absolute atomic E-state index is 0.0538. The number of aromatic nitrogens is 1. The SMILES string of the molecule is O=C(O)C(F)(F)F.O=C(Oc1c(Br)cc(C(=O)N2CCNCC2)cc1Br)c1c2ccccc2nc2ccccc12. The highest BCUT2D eigenvalue weighted by molar-refractivity contribution is 9.11. The number of halogens is 5. The Morgan fingerprint density at radius 3 is 1.85 bits per heavy atom. The second-order valence-electron chi connectivity index (χ2n) is 8.52. The first-order valence-corrected chi connectivity index (χ1v) is 13.3. The largest absolute Gasteiger partial charge is 0.490 e. The van der Waals surface area contributed by atoms with Crippen molar-refractivity contribution in [1.29, 1.82) is 0 Å². The van der Waals surface area contributed by atoms with E-state index < -0.39 is 18.1 Å². The number of hydrogen-bond donors (Lipinski definition) is 2. The predicted octanol–water partition coefficient (Wildman–Crippen LogP) is 5.81. The fourth-order valence-corrected chi connectivity index (χ4v) is 5.38. The number of benzene rings is 3. The Kier molecular flexibility index (Phi) is 9.06. The first-order chi connectivity index (χ1) is 19.0. The van der Waals surface area contributed by atoms with Crippen molar-refractivity contribution >= 4 is 71.5 Å². The molecule has 208 valence electrons. The Hall–Kier alpha value is -3.55. The van der Waals surface area contributed by atoms with Crippen molar-refractivity contribution in [3.05, 3.63) is 80.7 Å². The van der Waals surface area contributed by atoms with Crippen LogP contribution in [0.25, 0.3) is 21.8 Å². The zero-order chi connectivity index (χ0) is 29.0. The second kappa shape index (κ2) is 12.3. The molecule has 1 aliphatic rings. The molecule has 4 aromatic rings. The van der Waals surface area contributed by atoms with E-state index in [9.17, 15) is 22.8 Å². The third-order valence-corrected chi connectivity index (χ3v) is 7.06. The quantitative estimate of drug-likeness (QED) is 0.160. The van der Waals surface area contributed by atoms with Gasteiger partial charge in [0.25, 0.3) is 5.91 Å². The van der Waals surface area contributed by atoms with Crippen molar-refractivity contribution in [2.24, 2.45) is 0 Å². The summed E-state index contributed by atoms with van der Waals surface area (Å²) in [5.74, 6) is -2.98. The predicted molar refractivity (Wildman–Crippen MR) is 149 cm³/mol. The van der Waals surface area contributed by atoms with Crippen LogP contribution in [-0.2, 0) is 4.79 Å². The van der Waals surface area contributed by atoms with Gasteiger partial charge in [-0.1, -0.05) is 36.4 Å². The highest BCUT2D eigenvalue weighted by Crippen LogP contribution is 2.37. The number of para-hydroxylation sites is 2. The van der Waals surface area contributed by atoms with Gasteiger partial charge in [-0.15, -0.1) is 0 Å². The van der Waals surface area contributed by atoms with Crippen LogP contribution < -0.4 is 10.1 Å². The number of carboxylic acid groups (broad SMARTS) is 1. The van der Waals surface area contributed by atoms with Gasteiger partial charge in [-0.3, -0.25) is 4.79 Å². The van der Waals surface area contributed by atoms with Gasteiger partial charge in [-0.05, 0) is 56.1 Å². The van der Waals surface area contributed by atoms with Crippen LogP contribution in [0.1, 0.15) is 20.7 Å². The summed E-state index contributed by atoms with van der Waals surface area (Å²) in [6.45, 7) is 2.87. The lowest BCUT2D eigenvalue weighted by atomic mass is 10.0. The number of esters is 1. The molecule has 0 atom stereocenters. The molecule has 0 spiro atoms. The molecule has 8 nitrogen and oxygen atoms in total. The molecule has 1 aromatic heterocycles. The summed E-state index contributed by atoms with van der Waals surface area (Å²) >= 11 is 6.98. The minimum Gasteiger partial charge on any atom is -0.475 e. The average molecular weight is 683 g/mol. The number of fused-ring (bicyclic) bond motifs is 2. The molecule has 2 N–H and O–H groups in total. The van der Waals surface area contributed by atoms with Gasteiger partial charge in [-0.2, -0.15) is 13.2 Å². The molecule has 1 saturated heterocycles. The van der Waals surface area contributed by atoms with Crippen LogP contribution >= 0.6 is 31.9 Å². The van der Waals surface area contributed by atoms with Crippen LogP contribution in [0.15, 0.2) is 69.6 Å². The molecule has 0 bridgehead atoms. The van der Waals surface area contributed by atoms with Gasteiger partial charge in [0.05, 0.1) is 25.5 Å². The van der Waals surface area contributed by atoms with Crippen LogP contribution in [0.2, 0.25) is 0 Å². The summed E-state index contributed by atoms with van der Waals surface area (Å²) in [6.07, 6.45) is -5.08. The van der Waals surface area contributed by atoms with Crippen molar-refractivity contribution in [3.63, 3.8) is 0 Å². The first-order valence-electron chi connectivity index (χ1n) is 11.8. The van der Waals surface area contributed by atoms with E-state index >= 15 is 0 Å². The monoisotopic (exact) mass is 681 g/mol. The lowest BCUT2D eigenvalue weighted by Crippen LogP contribution is -2.46. The van der Waals surface area contributed by atoms with Crippen molar-refractivity contribution < 1.29 is 37.4 Å². The minimum atomic E-state index is -5.08. The smallest absolute Gasteiger partial charge is 0.475 e. The number of carbonyl (C=O) groups excluding carboxylic acids is 2. The molecule has 5 rings (SSSR count). The molecule has 1 amide bonds. The number of nitrogens with one attached hydrogen (secondary N) is 1. The molecular formula is C27H20Br2F3N3O5. The summed E-state index contributed by atoms with van der Waals surface area (Å²) < 4.78 is 38.6. The molecule has 0 saturated carbocycles. The summed E-state index contributed by atoms with van der Waals surface area (Å²) in [5, 5.41) is 11.8. The lowest BCUT2D eigenvalue weighted by molar-refractivity contribution is -0.192. The van der Waals surface area contributed by atoms with E-state index in [1.54, 1.807) is 12.1 Å². The van der Waals surface area contributed by atoms with E-state index in [0.29, 0.717) is 38.9 Å². The van der Waals surface area contributed by atoms with Crippen molar-refractivity contribution in [1.82, 2.24) is 15.2 Å². The maximum atomic E-state index is 13.4. The summed E-state index contributed by atoms with van der Waals surface area (Å²) in [5.41, 5.74) is 2.42. The molecular weight excluding hydrogens is 663 g/mol. The Labute approximate surface area is 242 Å². The molecule has 40 heavy (non-hydrogen) atoms. The van der Waals surface area contributed by atoms with Gasteiger partial charge >= 0.3 is 18.1 Å². The molecule has 0 radical (unpaired) electrons. The molecule has 0 unspecified atom stereocenters. The van der Waals surface area contributed by atoms with Crippen molar-refractivity contribution in [2.75, 3.05) is 26.2 Å². The standard InChI is InChI=1S/C25H19Br2N3O3.C2HF3O2/c26-18-13-15(24(31)30-11-9-28-10-12-30)14-19(27)23(18)33-25(32)22-16-5-1-3-7-20(16)29-21-8-4-2-6-17(21)22;3-2(4,5)1(6)7/h1-8,13-14,28H,9-12H2;(H,6,7). The zero-order valence-corrected chi connectivity index (χ0v) is 23.6. The number of aliphatic carboxylic acids is 1. The van der Waals surface area contributed by atoms with Gasteiger partial charge in [0.15, 0.2) is 5.75 Å². The molecule has 2 heterocycles. The Balaban J connectivity index is 0.000000470. The number of carboxylic acids is 1. The lowest BCUT2D eigenvalue weighted by Gasteiger charge is -2.27. The summed E-state index contributed by atoms with van der Waals surface area (Å²) in [4.78, 5) is 41.7. The maximum Gasteiger partial charge on any atom is 0.490 e. The van der Waals surface area contributed by atoms with Crippen LogP contribution in [0, 0.1) is 0 Å².